The monoisotopic (exact) mass is 823 g/mol. The molecule has 2 fully saturated rings. The number of ether oxygens (including phenoxy) is 3. The van der Waals surface area contributed by atoms with Crippen molar-refractivity contribution < 1.29 is 33.4 Å². The van der Waals surface area contributed by atoms with Gasteiger partial charge in [-0.1, -0.05) is 24.3 Å². The number of likely N-dealkylation sites (tertiary alicyclic amines) is 1. The Labute approximate surface area is 350 Å². The van der Waals surface area contributed by atoms with E-state index < -0.39 is 17.7 Å². The molecule has 4 aromatic rings. The summed E-state index contributed by atoms with van der Waals surface area (Å²) in [5.41, 5.74) is 3.43. The lowest BCUT2D eigenvalue weighted by atomic mass is 9.81. The first-order valence-electron chi connectivity index (χ1n) is 20.5. The van der Waals surface area contributed by atoms with Crippen LogP contribution >= 0.6 is 0 Å². The van der Waals surface area contributed by atoms with Crippen molar-refractivity contribution in [2.24, 2.45) is 11.8 Å². The van der Waals surface area contributed by atoms with Crippen molar-refractivity contribution in [2.45, 2.75) is 83.4 Å². The van der Waals surface area contributed by atoms with Crippen LogP contribution in [0.1, 0.15) is 75.2 Å². The molecular formula is C44H57N9O7. The molecule has 2 aliphatic rings. The minimum absolute atomic E-state index is 0.103. The maximum Gasteiger partial charge on any atom is 0.407 e. The van der Waals surface area contributed by atoms with Crippen LogP contribution in [-0.2, 0) is 20.7 Å². The summed E-state index contributed by atoms with van der Waals surface area (Å²) in [6.07, 6.45) is 4.34. The van der Waals surface area contributed by atoms with E-state index in [1.807, 2.05) is 45.0 Å². The number of piperidine rings is 1. The summed E-state index contributed by atoms with van der Waals surface area (Å²) in [7, 11) is 5.20. The molecule has 1 aromatic heterocycles. The van der Waals surface area contributed by atoms with Gasteiger partial charge >= 0.3 is 6.09 Å². The predicted molar refractivity (Wildman–Crippen MR) is 227 cm³/mol. The first-order chi connectivity index (χ1) is 28.8. The van der Waals surface area contributed by atoms with Gasteiger partial charge in [-0.25, -0.2) is 4.79 Å². The second kappa shape index (κ2) is 19.8. The fourth-order valence-corrected chi connectivity index (χ4v) is 7.68. The molecule has 0 radical (unpaired) electrons. The summed E-state index contributed by atoms with van der Waals surface area (Å²) in [4.78, 5) is 55.5. The van der Waals surface area contributed by atoms with Gasteiger partial charge in [0.05, 0.1) is 19.8 Å². The van der Waals surface area contributed by atoms with Crippen molar-refractivity contribution >= 4 is 29.5 Å². The number of H-pyrrole nitrogens is 1. The van der Waals surface area contributed by atoms with Gasteiger partial charge in [0.25, 0.3) is 5.91 Å². The molecule has 2 heterocycles. The minimum Gasteiger partial charge on any atom is -0.496 e. The van der Waals surface area contributed by atoms with Crippen LogP contribution < -0.4 is 30.7 Å². The van der Waals surface area contributed by atoms with Crippen LogP contribution in [0, 0.1) is 11.8 Å². The fraction of sp³-hybridized carbons (Fsp3) is 0.477. The van der Waals surface area contributed by atoms with Crippen LogP contribution in [0.2, 0.25) is 0 Å². The minimum atomic E-state index is -0.891. The average Bonchev–Trinajstić information content (AvgIpc) is 3.78. The number of hydrogen-bond donors (Lipinski definition) is 5. The normalized spacial score (nSPS) is 17.8. The molecule has 0 bridgehead atoms. The topological polar surface area (TPSA) is 202 Å². The number of anilines is 1. The highest BCUT2D eigenvalue weighted by Crippen LogP contribution is 2.40. The zero-order valence-electron chi connectivity index (χ0n) is 35.3. The highest BCUT2D eigenvalue weighted by atomic mass is 16.6. The first kappa shape index (κ1) is 43.5. The number of nitrogens with zero attached hydrogens (tertiary/aromatic N) is 4. The van der Waals surface area contributed by atoms with Crippen molar-refractivity contribution in [1.29, 1.82) is 0 Å². The summed E-state index contributed by atoms with van der Waals surface area (Å²) in [6.45, 7) is 7.80. The third-order valence-electron chi connectivity index (χ3n) is 11.0. The lowest BCUT2D eigenvalue weighted by Crippen LogP contribution is -2.48. The van der Waals surface area contributed by atoms with Crippen molar-refractivity contribution in [3.05, 3.63) is 71.8 Å². The molecule has 1 aliphatic heterocycles. The van der Waals surface area contributed by atoms with Gasteiger partial charge in [-0.05, 0) is 138 Å². The van der Waals surface area contributed by atoms with Gasteiger partial charge in [0, 0.05) is 41.7 Å². The third-order valence-corrected chi connectivity index (χ3v) is 11.0. The van der Waals surface area contributed by atoms with E-state index in [-0.39, 0.29) is 42.0 Å². The van der Waals surface area contributed by atoms with Crippen LogP contribution in [0.4, 0.5) is 10.5 Å². The number of benzene rings is 3. The molecule has 16 heteroatoms. The van der Waals surface area contributed by atoms with E-state index in [1.54, 1.807) is 50.6 Å². The van der Waals surface area contributed by atoms with E-state index >= 15 is 0 Å². The summed E-state index contributed by atoms with van der Waals surface area (Å²) in [6, 6.07) is 17.3. The van der Waals surface area contributed by atoms with Crippen molar-refractivity contribution in [2.75, 3.05) is 46.2 Å². The number of tetrazole rings is 1. The summed E-state index contributed by atoms with van der Waals surface area (Å²) >= 11 is 0. The number of methoxy groups -OCH3 is 2. The quantitative estimate of drug-likeness (QED) is 0.109. The van der Waals surface area contributed by atoms with Crippen molar-refractivity contribution in [3.8, 4) is 34.0 Å². The van der Waals surface area contributed by atoms with Crippen LogP contribution in [0.15, 0.2) is 60.7 Å². The molecule has 3 aromatic carbocycles. The van der Waals surface area contributed by atoms with Gasteiger partial charge in [0.15, 0.2) is 0 Å². The maximum absolute atomic E-state index is 13.9. The largest absolute Gasteiger partial charge is 0.496 e. The smallest absolute Gasteiger partial charge is 0.407 e. The van der Waals surface area contributed by atoms with E-state index in [0.29, 0.717) is 53.5 Å². The number of rotatable bonds is 14. The summed E-state index contributed by atoms with van der Waals surface area (Å²) in [5, 5.41) is 26.1. The van der Waals surface area contributed by atoms with E-state index in [4.69, 9.17) is 14.2 Å². The summed E-state index contributed by atoms with van der Waals surface area (Å²) in [5.74, 6) is 0.617. The Bertz CT molecular complexity index is 2040. The van der Waals surface area contributed by atoms with Crippen LogP contribution in [0.3, 0.4) is 0 Å². The van der Waals surface area contributed by atoms with Crippen molar-refractivity contribution in [1.82, 2.24) is 41.5 Å². The first-order valence-corrected chi connectivity index (χ1v) is 20.5. The molecule has 6 rings (SSSR count). The highest BCUT2D eigenvalue weighted by Gasteiger charge is 2.31. The van der Waals surface area contributed by atoms with Gasteiger partial charge in [0.2, 0.25) is 17.6 Å². The predicted octanol–water partition coefficient (Wildman–Crippen LogP) is 5.37. The van der Waals surface area contributed by atoms with E-state index in [9.17, 15) is 19.2 Å². The highest BCUT2D eigenvalue weighted by molar-refractivity contribution is 5.98. The number of nitrogens with one attached hydrogen (secondary N) is 5. The third kappa shape index (κ3) is 11.8. The molecule has 0 spiro atoms. The van der Waals surface area contributed by atoms with E-state index in [2.05, 4.69) is 53.8 Å². The van der Waals surface area contributed by atoms with Gasteiger partial charge in [0.1, 0.15) is 23.1 Å². The van der Waals surface area contributed by atoms with Crippen molar-refractivity contribution in [3.63, 3.8) is 0 Å². The Morgan fingerprint density at radius 2 is 1.50 bits per heavy atom. The lowest BCUT2D eigenvalue weighted by molar-refractivity contribution is -0.130. The fourth-order valence-electron chi connectivity index (χ4n) is 7.68. The maximum atomic E-state index is 13.9. The average molecular weight is 824 g/mol. The second-order valence-corrected chi connectivity index (χ2v) is 16.7. The number of aromatic nitrogens is 4. The molecular weight excluding hydrogens is 767 g/mol. The number of hydrogen-bond acceptors (Lipinski definition) is 11. The van der Waals surface area contributed by atoms with Gasteiger partial charge < -0.3 is 40.4 Å². The van der Waals surface area contributed by atoms with Crippen LogP contribution in [0.25, 0.3) is 22.5 Å². The number of aromatic amines is 1. The molecule has 1 atom stereocenters. The summed E-state index contributed by atoms with van der Waals surface area (Å²) < 4.78 is 17.0. The Hall–Kier alpha value is -6.03. The van der Waals surface area contributed by atoms with Crippen LogP contribution in [0.5, 0.6) is 11.5 Å². The number of alkyl carbamates (subject to hydrolysis) is 1. The molecule has 1 unspecified atom stereocenters. The number of carbonyl (C=O) groups is 4. The molecule has 5 N–H and O–H groups in total. The zero-order chi connectivity index (χ0) is 42.8. The van der Waals surface area contributed by atoms with Gasteiger partial charge in [-0.3, -0.25) is 14.4 Å². The molecule has 1 saturated carbocycles. The molecule has 1 aliphatic carbocycles. The molecule has 4 amide bonds. The molecule has 16 nitrogen and oxygen atoms in total. The Kier molecular flexibility index (Phi) is 14.4. The Balaban J connectivity index is 1.15. The number of carbonyl (C=O) groups excluding carboxylic acids is 4. The number of amides is 4. The molecule has 60 heavy (non-hydrogen) atoms. The zero-order valence-corrected chi connectivity index (χ0v) is 35.3. The SMILES string of the molecule is COc1cc(C(=O)NC2CCN(C)CC2)cc(OC)c1-c1ccc(CC(NC(=O)C2CCC(CNC(=O)OC(C)(C)C)CC2)C(=O)Nc2ccc(-c3nn[nH]n3)cc2)cc1. The molecule has 1 saturated heterocycles. The second-order valence-electron chi connectivity index (χ2n) is 16.7. The van der Waals surface area contributed by atoms with E-state index in [1.165, 1.54) is 0 Å². The molecule has 320 valence electrons. The van der Waals surface area contributed by atoms with Gasteiger partial charge in [-0.15, -0.1) is 10.2 Å². The lowest BCUT2D eigenvalue weighted by Gasteiger charge is -2.29. The standard InChI is InChI=1S/C44H57N9O7/c1-44(2,3)60-43(57)45-26-28-9-13-31(14-10-28)40(54)48-35(42(56)47-33-17-15-30(16-18-33)39-49-51-52-50-39)23-27-7-11-29(12-8-27)38-36(58-5)24-32(25-37(38)59-6)41(55)46-34-19-21-53(4)22-20-34/h7-8,11-12,15-18,24-25,28,31,34-35H,9-10,13-14,19-23,26H2,1-6H3,(H,45,57)(H,46,55)(H,47,56)(H,48,54)(H,49,50,51,52). The Morgan fingerprint density at radius 1 is 0.867 bits per heavy atom. The van der Waals surface area contributed by atoms with Crippen LogP contribution in [-0.4, -0.2) is 108 Å². The van der Waals surface area contributed by atoms with E-state index in [0.717, 1.165) is 55.5 Å². The van der Waals surface area contributed by atoms with Gasteiger partial charge in [-0.2, -0.15) is 5.21 Å². The Morgan fingerprint density at radius 3 is 2.08 bits per heavy atom.